The maximum atomic E-state index is 10.9. The lowest BCUT2D eigenvalue weighted by Crippen LogP contribution is -2.47. The number of morpholine rings is 1. The van der Waals surface area contributed by atoms with E-state index in [0.717, 1.165) is 0 Å². The minimum Gasteiger partial charge on any atom is -0.481 e. The largest absolute Gasteiger partial charge is 0.481 e. The minimum atomic E-state index is -0.852. The first-order chi connectivity index (χ1) is 9.20. The fourth-order valence-corrected chi connectivity index (χ4v) is 2.02. The van der Waals surface area contributed by atoms with Crippen LogP contribution in [-0.2, 0) is 9.53 Å². The van der Waals surface area contributed by atoms with Crippen molar-refractivity contribution in [2.75, 3.05) is 31.3 Å². The summed E-state index contributed by atoms with van der Waals surface area (Å²) in [5.74, 6) is 0.218. The summed E-state index contributed by atoms with van der Waals surface area (Å²) < 4.78 is 10.6. The molecule has 0 radical (unpaired) electrons. The Morgan fingerprint density at radius 1 is 1.63 bits per heavy atom. The molecule has 2 heterocycles. The van der Waals surface area contributed by atoms with Crippen molar-refractivity contribution in [2.24, 2.45) is 0 Å². The van der Waals surface area contributed by atoms with Crippen LogP contribution >= 0.6 is 0 Å². The number of carboxylic acids is 1. The van der Waals surface area contributed by atoms with Crippen molar-refractivity contribution in [1.82, 2.24) is 9.97 Å². The van der Waals surface area contributed by atoms with Gasteiger partial charge in [0, 0.05) is 6.54 Å². The molecule has 0 amide bonds. The van der Waals surface area contributed by atoms with Crippen LogP contribution in [0.25, 0.3) is 0 Å². The first kappa shape index (κ1) is 13.5. The summed E-state index contributed by atoms with van der Waals surface area (Å²) in [7, 11) is 0. The van der Waals surface area contributed by atoms with Gasteiger partial charge in [-0.25, -0.2) is 0 Å². The van der Waals surface area contributed by atoms with Crippen LogP contribution in [-0.4, -0.2) is 53.5 Å². The van der Waals surface area contributed by atoms with Gasteiger partial charge in [0.05, 0.1) is 44.7 Å². The van der Waals surface area contributed by atoms with Crippen molar-refractivity contribution in [3.05, 3.63) is 12.4 Å². The third-order valence-corrected chi connectivity index (χ3v) is 2.82. The highest BCUT2D eigenvalue weighted by molar-refractivity contribution is 5.68. The molecule has 0 aromatic carbocycles. The molecular weight excluding hydrogens is 250 g/mol. The summed E-state index contributed by atoms with van der Waals surface area (Å²) in [6.07, 6.45) is 3.17. The quantitative estimate of drug-likeness (QED) is 0.834. The summed E-state index contributed by atoms with van der Waals surface area (Å²) in [4.78, 5) is 21.2. The fourth-order valence-electron chi connectivity index (χ4n) is 2.02. The Morgan fingerprint density at radius 3 is 3.21 bits per heavy atom. The SMILES string of the molecule is CCOc1cncc(N2CCOCC2CC(=O)O)n1. The molecule has 19 heavy (non-hydrogen) atoms. The Labute approximate surface area is 111 Å². The molecular formula is C12H17N3O4. The molecule has 0 spiro atoms. The number of hydrogen-bond acceptors (Lipinski definition) is 6. The molecule has 1 N–H and O–H groups in total. The van der Waals surface area contributed by atoms with Crippen LogP contribution in [0.15, 0.2) is 12.4 Å². The third-order valence-electron chi connectivity index (χ3n) is 2.82. The van der Waals surface area contributed by atoms with Gasteiger partial charge in [0.2, 0.25) is 5.88 Å². The normalized spacial score (nSPS) is 19.2. The Bertz CT molecular complexity index is 441. The van der Waals surface area contributed by atoms with E-state index in [2.05, 4.69) is 9.97 Å². The molecule has 1 atom stereocenters. The standard InChI is InChI=1S/C12H17N3O4/c1-2-19-11-7-13-6-10(14-11)15-3-4-18-8-9(15)5-12(16)17/h6-7,9H,2-5,8H2,1H3,(H,16,17). The monoisotopic (exact) mass is 267 g/mol. The van der Waals surface area contributed by atoms with Crippen molar-refractivity contribution >= 4 is 11.8 Å². The van der Waals surface area contributed by atoms with Crippen molar-refractivity contribution in [3.63, 3.8) is 0 Å². The van der Waals surface area contributed by atoms with E-state index in [4.69, 9.17) is 14.6 Å². The topological polar surface area (TPSA) is 84.8 Å². The summed E-state index contributed by atoms with van der Waals surface area (Å²) >= 11 is 0. The van der Waals surface area contributed by atoms with Gasteiger partial charge in [-0.3, -0.25) is 9.78 Å². The van der Waals surface area contributed by atoms with Crippen LogP contribution in [0.3, 0.4) is 0 Å². The smallest absolute Gasteiger partial charge is 0.305 e. The molecule has 0 bridgehead atoms. The van der Waals surface area contributed by atoms with Crippen molar-refractivity contribution in [3.8, 4) is 5.88 Å². The maximum Gasteiger partial charge on any atom is 0.305 e. The van der Waals surface area contributed by atoms with Crippen molar-refractivity contribution in [1.29, 1.82) is 0 Å². The molecule has 2 rings (SSSR count). The average molecular weight is 267 g/mol. The molecule has 1 aliphatic rings. The Kier molecular flexibility index (Phi) is 4.51. The first-order valence-corrected chi connectivity index (χ1v) is 6.21. The summed E-state index contributed by atoms with van der Waals surface area (Å²) in [6.45, 7) is 3.92. The Morgan fingerprint density at radius 2 is 2.47 bits per heavy atom. The second-order valence-electron chi connectivity index (χ2n) is 4.17. The number of ether oxygens (including phenoxy) is 2. The first-order valence-electron chi connectivity index (χ1n) is 6.21. The maximum absolute atomic E-state index is 10.9. The van der Waals surface area contributed by atoms with Gasteiger partial charge >= 0.3 is 5.97 Å². The lowest BCUT2D eigenvalue weighted by atomic mass is 10.1. The van der Waals surface area contributed by atoms with Gasteiger partial charge in [0.25, 0.3) is 0 Å². The van der Waals surface area contributed by atoms with E-state index in [1.807, 2.05) is 11.8 Å². The Balaban J connectivity index is 2.16. The Hall–Kier alpha value is -1.89. The number of nitrogens with zero attached hydrogens (tertiary/aromatic N) is 3. The van der Waals surface area contributed by atoms with Gasteiger partial charge in [0.1, 0.15) is 0 Å². The number of hydrogen-bond donors (Lipinski definition) is 1. The molecule has 0 saturated carbocycles. The van der Waals surface area contributed by atoms with Crippen LogP contribution in [0.2, 0.25) is 0 Å². The van der Waals surface area contributed by atoms with E-state index in [1.54, 1.807) is 12.4 Å². The van der Waals surface area contributed by atoms with Gasteiger partial charge in [-0.2, -0.15) is 4.98 Å². The molecule has 1 aromatic rings. The number of carboxylic acid groups (broad SMARTS) is 1. The molecule has 1 fully saturated rings. The predicted octanol–water partition coefficient (Wildman–Crippen LogP) is 0.555. The van der Waals surface area contributed by atoms with Gasteiger partial charge in [-0.05, 0) is 6.92 Å². The number of anilines is 1. The van der Waals surface area contributed by atoms with E-state index < -0.39 is 5.97 Å². The highest BCUT2D eigenvalue weighted by Gasteiger charge is 2.26. The number of carbonyl (C=O) groups is 1. The van der Waals surface area contributed by atoms with Gasteiger partial charge in [-0.15, -0.1) is 0 Å². The van der Waals surface area contributed by atoms with Gasteiger partial charge in [0.15, 0.2) is 5.82 Å². The highest BCUT2D eigenvalue weighted by Crippen LogP contribution is 2.20. The van der Waals surface area contributed by atoms with E-state index in [0.29, 0.717) is 38.1 Å². The summed E-state index contributed by atoms with van der Waals surface area (Å²) in [5, 5.41) is 8.93. The molecule has 104 valence electrons. The summed E-state index contributed by atoms with van der Waals surface area (Å²) in [5.41, 5.74) is 0. The number of aliphatic carboxylic acids is 1. The molecule has 0 aliphatic carbocycles. The third kappa shape index (κ3) is 3.54. The fraction of sp³-hybridized carbons (Fsp3) is 0.583. The zero-order chi connectivity index (χ0) is 13.7. The zero-order valence-corrected chi connectivity index (χ0v) is 10.8. The van der Waals surface area contributed by atoms with E-state index in [1.165, 1.54) is 0 Å². The molecule has 1 aromatic heterocycles. The second-order valence-corrected chi connectivity index (χ2v) is 4.17. The summed E-state index contributed by atoms with van der Waals surface area (Å²) in [6, 6.07) is -0.225. The minimum absolute atomic E-state index is 0.0144. The van der Waals surface area contributed by atoms with Gasteiger partial charge in [-0.1, -0.05) is 0 Å². The number of rotatable bonds is 5. The lowest BCUT2D eigenvalue weighted by Gasteiger charge is -2.35. The molecule has 1 unspecified atom stereocenters. The van der Waals surface area contributed by atoms with Crippen LogP contribution < -0.4 is 9.64 Å². The van der Waals surface area contributed by atoms with Crippen LogP contribution in [0.4, 0.5) is 5.82 Å². The highest BCUT2D eigenvalue weighted by atomic mass is 16.5. The second kappa shape index (κ2) is 6.33. The molecule has 1 saturated heterocycles. The van der Waals surface area contributed by atoms with Crippen LogP contribution in [0, 0.1) is 0 Å². The molecule has 1 aliphatic heterocycles. The van der Waals surface area contributed by atoms with E-state index in [9.17, 15) is 4.79 Å². The van der Waals surface area contributed by atoms with E-state index in [-0.39, 0.29) is 12.5 Å². The zero-order valence-electron chi connectivity index (χ0n) is 10.8. The lowest BCUT2D eigenvalue weighted by molar-refractivity contribution is -0.138. The van der Waals surface area contributed by atoms with Crippen LogP contribution in [0.1, 0.15) is 13.3 Å². The molecule has 7 heteroatoms. The van der Waals surface area contributed by atoms with Crippen molar-refractivity contribution < 1.29 is 19.4 Å². The number of aromatic nitrogens is 2. The predicted molar refractivity (Wildman–Crippen MR) is 67.4 cm³/mol. The van der Waals surface area contributed by atoms with E-state index >= 15 is 0 Å². The van der Waals surface area contributed by atoms with Crippen molar-refractivity contribution in [2.45, 2.75) is 19.4 Å². The average Bonchev–Trinajstić information content (AvgIpc) is 2.39. The van der Waals surface area contributed by atoms with Gasteiger partial charge < -0.3 is 19.5 Å². The molecule has 7 nitrogen and oxygen atoms in total. The van der Waals surface area contributed by atoms with Crippen LogP contribution in [0.5, 0.6) is 5.88 Å².